The molecule has 1 fully saturated rings. The predicted octanol–water partition coefficient (Wildman–Crippen LogP) is 1.73. The molecule has 29 heavy (non-hydrogen) atoms. The van der Waals surface area contributed by atoms with Gasteiger partial charge in [-0.2, -0.15) is 0 Å². The van der Waals surface area contributed by atoms with Gasteiger partial charge in [0.1, 0.15) is 12.1 Å². The first-order valence-corrected chi connectivity index (χ1v) is 9.86. The average molecular weight is 406 g/mol. The van der Waals surface area contributed by atoms with Crippen molar-refractivity contribution in [1.29, 1.82) is 0 Å². The zero-order chi connectivity index (χ0) is 21.6. The number of nitrogens with one attached hydrogen (secondary N) is 1. The van der Waals surface area contributed by atoms with Crippen LogP contribution in [0.5, 0.6) is 0 Å². The number of nitrogens with zero attached hydrogens (tertiary/aromatic N) is 1. The Kier molecular flexibility index (Phi) is 8.16. The number of carboxylic acids is 2. The van der Waals surface area contributed by atoms with E-state index < -0.39 is 42.1 Å². The molecule has 160 valence electrons. The number of carbonyl (C=O) groups is 3. The van der Waals surface area contributed by atoms with Crippen molar-refractivity contribution in [3.63, 3.8) is 0 Å². The fourth-order valence-corrected chi connectivity index (χ4v) is 3.52. The molecule has 1 aromatic carbocycles. The zero-order valence-corrected chi connectivity index (χ0v) is 17.1. The molecule has 0 spiro atoms. The second-order valence-corrected chi connectivity index (χ2v) is 7.91. The predicted molar refractivity (Wildman–Crippen MR) is 106 cm³/mol. The number of likely N-dealkylation sites (tertiary alicyclic amines) is 1. The van der Waals surface area contributed by atoms with Gasteiger partial charge in [0.15, 0.2) is 0 Å². The second kappa shape index (κ2) is 10.4. The molecule has 0 bridgehead atoms. The summed E-state index contributed by atoms with van der Waals surface area (Å²) in [7, 11) is 0. The molecule has 1 heterocycles. The van der Waals surface area contributed by atoms with Crippen LogP contribution in [0.1, 0.15) is 39.2 Å². The monoisotopic (exact) mass is 406 g/mol. The maximum Gasteiger partial charge on any atom is 0.326 e. The first-order valence-electron chi connectivity index (χ1n) is 9.86. The summed E-state index contributed by atoms with van der Waals surface area (Å²) >= 11 is 0. The number of carbonyl (C=O) groups excluding carboxylic acids is 1. The molecule has 1 amide bonds. The highest BCUT2D eigenvalue weighted by molar-refractivity contribution is 5.88. The van der Waals surface area contributed by atoms with E-state index in [0.717, 1.165) is 5.56 Å². The Morgan fingerprint density at radius 2 is 1.83 bits per heavy atom. The van der Waals surface area contributed by atoms with Crippen molar-refractivity contribution in [1.82, 2.24) is 10.2 Å². The maximum atomic E-state index is 12.9. The topological polar surface area (TPSA) is 116 Å². The quantitative estimate of drug-likeness (QED) is 0.542. The highest BCUT2D eigenvalue weighted by Gasteiger charge is 2.42. The van der Waals surface area contributed by atoms with Gasteiger partial charge in [-0.3, -0.25) is 14.9 Å². The molecule has 1 aliphatic rings. The van der Waals surface area contributed by atoms with Crippen LogP contribution in [-0.2, 0) is 25.7 Å². The number of rotatable bonds is 10. The third-order valence-electron chi connectivity index (χ3n) is 4.99. The van der Waals surface area contributed by atoms with Crippen molar-refractivity contribution in [3.05, 3.63) is 35.9 Å². The number of ether oxygens (including phenoxy) is 1. The Bertz CT molecular complexity index is 708. The van der Waals surface area contributed by atoms with Crippen LogP contribution in [0.25, 0.3) is 0 Å². The largest absolute Gasteiger partial charge is 0.480 e. The van der Waals surface area contributed by atoms with Crippen molar-refractivity contribution in [2.75, 3.05) is 6.54 Å². The lowest BCUT2D eigenvalue weighted by atomic mass is 10.0. The van der Waals surface area contributed by atoms with E-state index in [1.54, 1.807) is 6.92 Å². The average Bonchev–Trinajstić information content (AvgIpc) is 3.10. The Labute approximate surface area is 170 Å². The molecule has 4 atom stereocenters. The fraction of sp³-hybridized carbons (Fsp3) is 0.571. The summed E-state index contributed by atoms with van der Waals surface area (Å²) in [5.74, 6) is -2.41. The van der Waals surface area contributed by atoms with Gasteiger partial charge in [-0.25, -0.2) is 4.79 Å². The van der Waals surface area contributed by atoms with E-state index in [1.165, 1.54) is 4.90 Å². The van der Waals surface area contributed by atoms with Crippen molar-refractivity contribution >= 4 is 17.8 Å². The Balaban J connectivity index is 2.00. The molecule has 2 unspecified atom stereocenters. The van der Waals surface area contributed by atoms with Crippen molar-refractivity contribution in [2.24, 2.45) is 5.92 Å². The lowest BCUT2D eigenvalue weighted by Crippen LogP contribution is -2.53. The third-order valence-corrected chi connectivity index (χ3v) is 4.99. The van der Waals surface area contributed by atoms with Gasteiger partial charge >= 0.3 is 11.9 Å². The van der Waals surface area contributed by atoms with Crippen LogP contribution >= 0.6 is 0 Å². The highest BCUT2D eigenvalue weighted by Crippen LogP contribution is 2.23. The summed E-state index contributed by atoms with van der Waals surface area (Å²) in [6.07, 6.45) is 0.186. The number of amides is 1. The normalized spacial score (nSPS) is 21.2. The van der Waals surface area contributed by atoms with Crippen molar-refractivity contribution < 1.29 is 29.3 Å². The fourth-order valence-electron chi connectivity index (χ4n) is 3.52. The van der Waals surface area contributed by atoms with Gasteiger partial charge in [-0.05, 0) is 24.8 Å². The van der Waals surface area contributed by atoms with E-state index in [2.05, 4.69) is 5.32 Å². The molecule has 1 saturated heterocycles. The lowest BCUT2D eigenvalue weighted by molar-refractivity contribution is -0.149. The maximum absolute atomic E-state index is 12.9. The standard InChI is InChI=1S/C21H30N2O6/c1-13(2)9-17(20(25)26)22-14(3)19(24)23-11-16(10-18(23)21(27)28)29-12-15-7-5-4-6-8-15/h4-8,13-14,16-18,22H,9-12H2,1-3H3,(H,25,26)(H,27,28)/t14?,16-,17?,18-/m0/s1. The van der Waals surface area contributed by atoms with E-state index in [1.807, 2.05) is 44.2 Å². The minimum absolute atomic E-state index is 0.139. The van der Waals surface area contributed by atoms with E-state index in [4.69, 9.17) is 4.74 Å². The Hall–Kier alpha value is -2.45. The molecule has 1 aromatic rings. The van der Waals surface area contributed by atoms with Gasteiger partial charge in [0.05, 0.1) is 18.8 Å². The van der Waals surface area contributed by atoms with E-state index in [0.29, 0.717) is 13.0 Å². The molecule has 1 aliphatic heterocycles. The smallest absolute Gasteiger partial charge is 0.326 e. The van der Waals surface area contributed by atoms with Crippen LogP contribution in [0.4, 0.5) is 0 Å². The molecule has 0 radical (unpaired) electrons. The van der Waals surface area contributed by atoms with Gasteiger partial charge < -0.3 is 19.8 Å². The van der Waals surface area contributed by atoms with Crippen LogP contribution in [0, 0.1) is 5.92 Å². The first-order chi connectivity index (χ1) is 13.7. The number of carboxylic acid groups (broad SMARTS) is 2. The summed E-state index contributed by atoms with van der Waals surface area (Å²) in [6.45, 7) is 5.87. The number of hydrogen-bond acceptors (Lipinski definition) is 5. The van der Waals surface area contributed by atoms with Gasteiger partial charge in [0.25, 0.3) is 0 Å². The zero-order valence-electron chi connectivity index (χ0n) is 17.1. The number of aliphatic carboxylic acids is 2. The number of hydrogen-bond donors (Lipinski definition) is 3. The summed E-state index contributed by atoms with van der Waals surface area (Å²) in [6, 6.07) is 6.85. The lowest BCUT2D eigenvalue weighted by Gasteiger charge is -2.27. The van der Waals surface area contributed by atoms with Crippen LogP contribution < -0.4 is 5.32 Å². The van der Waals surface area contributed by atoms with Crippen LogP contribution in [0.3, 0.4) is 0 Å². The van der Waals surface area contributed by atoms with E-state index >= 15 is 0 Å². The molecular formula is C21H30N2O6. The summed E-state index contributed by atoms with van der Waals surface area (Å²) < 4.78 is 5.83. The Morgan fingerprint density at radius 3 is 2.38 bits per heavy atom. The molecule has 0 saturated carbocycles. The van der Waals surface area contributed by atoms with Gasteiger partial charge in [-0.15, -0.1) is 0 Å². The first kappa shape index (κ1) is 22.8. The van der Waals surface area contributed by atoms with Crippen LogP contribution in [0.15, 0.2) is 30.3 Å². The van der Waals surface area contributed by atoms with E-state index in [9.17, 15) is 24.6 Å². The molecule has 2 rings (SSSR count). The second-order valence-electron chi connectivity index (χ2n) is 7.91. The molecule has 0 aromatic heterocycles. The third kappa shape index (κ3) is 6.54. The van der Waals surface area contributed by atoms with E-state index in [-0.39, 0.29) is 18.9 Å². The minimum Gasteiger partial charge on any atom is -0.480 e. The molecule has 8 heteroatoms. The van der Waals surface area contributed by atoms with Crippen molar-refractivity contribution in [3.8, 4) is 0 Å². The molecule has 0 aliphatic carbocycles. The van der Waals surface area contributed by atoms with Crippen LogP contribution in [-0.4, -0.2) is 63.7 Å². The summed E-state index contributed by atoms with van der Waals surface area (Å²) in [5, 5.41) is 21.8. The van der Waals surface area contributed by atoms with Crippen molar-refractivity contribution in [2.45, 2.75) is 64.4 Å². The summed E-state index contributed by atoms with van der Waals surface area (Å²) in [5.41, 5.74) is 0.970. The van der Waals surface area contributed by atoms with Gasteiger partial charge in [0.2, 0.25) is 5.91 Å². The molecule has 8 nitrogen and oxygen atoms in total. The molecule has 3 N–H and O–H groups in total. The molecular weight excluding hydrogens is 376 g/mol. The summed E-state index contributed by atoms with van der Waals surface area (Å²) in [4.78, 5) is 37.3. The highest BCUT2D eigenvalue weighted by atomic mass is 16.5. The van der Waals surface area contributed by atoms with Crippen LogP contribution in [0.2, 0.25) is 0 Å². The minimum atomic E-state index is -1.09. The Morgan fingerprint density at radius 1 is 1.17 bits per heavy atom. The SMILES string of the molecule is CC(C)CC(NC(C)C(=O)N1C[C@@H](OCc2ccccc2)C[C@H]1C(=O)O)C(=O)O. The van der Waals surface area contributed by atoms with Gasteiger partial charge in [-0.1, -0.05) is 44.2 Å². The van der Waals surface area contributed by atoms with Gasteiger partial charge in [0, 0.05) is 13.0 Å². The number of benzene rings is 1.